The monoisotopic (exact) mass is 265 g/mol. The molecule has 1 amide bonds. The molecular weight excluding hydrogens is 253 g/mol. The third-order valence-corrected chi connectivity index (χ3v) is 3.21. The van der Waals surface area contributed by atoms with Crippen molar-refractivity contribution in [2.45, 2.75) is 5.16 Å². The standard InChI is InChI=1S/C12H12FN3OS/c1-14-11(17)7-18-12-15-6-10(16-12)8-2-4-9(13)5-3-8/h2-6H,7H2,1H3,(H,14,17)(H,15,16). The number of nitrogens with one attached hydrogen (secondary N) is 2. The van der Waals surface area contributed by atoms with Crippen molar-refractivity contribution >= 4 is 17.7 Å². The summed E-state index contributed by atoms with van der Waals surface area (Å²) in [7, 11) is 1.59. The first-order valence-corrected chi connectivity index (χ1v) is 6.32. The number of H-pyrrole nitrogens is 1. The molecule has 94 valence electrons. The molecule has 0 fully saturated rings. The zero-order valence-electron chi connectivity index (χ0n) is 9.74. The van der Waals surface area contributed by atoms with E-state index in [1.165, 1.54) is 23.9 Å². The Bertz CT molecular complexity index is 539. The Morgan fingerprint density at radius 3 is 2.83 bits per heavy atom. The molecule has 2 rings (SSSR count). The first-order chi connectivity index (χ1) is 8.69. The number of benzene rings is 1. The molecular formula is C12H12FN3OS. The fourth-order valence-corrected chi connectivity index (χ4v) is 2.08. The van der Waals surface area contributed by atoms with Gasteiger partial charge in [0.15, 0.2) is 5.16 Å². The van der Waals surface area contributed by atoms with Gasteiger partial charge in [-0.25, -0.2) is 9.37 Å². The predicted octanol–water partition coefficient (Wildman–Crippen LogP) is 2.05. The molecule has 2 aromatic rings. The zero-order valence-corrected chi connectivity index (χ0v) is 10.6. The fourth-order valence-electron chi connectivity index (χ4n) is 1.36. The van der Waals surface area contributed by atoms with Gasteiger partial charge in [-0.05, 0) is 29.8 Å². The van der Waals surface area contributed by atoms with Gasteiger partial charge in [0.05, 0.1) is 17.6 Å². The molecule has 1 aromatic carbocycles. The van der Waals surface area contributed by atoms with Gasteiger partial charge in [-0.2, -0.15) is 0 Å². The number of aromatic nitrogens is 2. The van der Waals surface area contributed by atoms with E-state index in [0.717, 1.165) is 11.3 Å². The first-order valence-electron chi connectivity index (χ1n) is 5.33. The number of thioether (sulfide) groups is 1. The molecule has 0 unspecified atom stereocenters. The second kappa shape index (κ2) is 5.68. The van der Waals surface area contributed by atoms with Gasteiger partial charge in [0.2, 0.25) is 5.91 Å². The molecule has 0 aliphatic carbocycles. The van der Waals surface area contributed by atoms with E-state index in [1.807, 2.05) is 0 Å². The lowest BCUT2D eigenvalue weighted by Crippen LogP contribution is -2.19. The number of halogens is 1. The molecule has 0 saturated carbocycles. The molecule has 0 aliphatic rings. The van der Waals surface area contributed by atoms with E-state index in [4.69, 9.17) is 0 Å². The van der Waals surface area contributed by atoms with Crippen LogP contribution in [0.15, 0.2) is 35.6 Å². The first kappa shape index (κ1) is 12.6. The minimum atomic E-state index is -0.271. The number of imidazole rings is 1. The Morgan fingerprint density at radius 1 is 1.44 bits per heavy atom. The average molecular weight is 265 g/mol. The Morgan fingerprint density at radius 2 is 2.17 bits per heavy atom. The third-order valence-electron chi connectivity index (χ3n) is 2.33. The minimum absolute atomic E-state index is 0.0558. The van der Waals surface area contributed by atoms with Crippen LogP contribution in [0.5, 0.6) is 0 Å². The molecule has 1 heterocycles. The van der Waals surface area contributed by atoms with E-state index in [1.54, 1.807) is 25.4 Å². The van der Waals surface area contributed by atoms with E-state index in [2.05, 4.69) is 15.3 Å². The third kappa shape index (κ3) is 3.10. The van der Waals surface area contributed by atoms with Crippen LogP contribution in [0.1, 0.15) is 0 Å². The van der Waals surface area contributed by atoms with E-state index >= 15 is 0 Å². The van der Waals surface area contributed by atoms with Crippen molar-refractivity contribution in [1.29, 1.82) is 0 Å². The fraction of sp³-hybridized carbons (Fsp3) is 0.167. The molecule has 0 saturated heterocycles. The topological polar surface area (TPSA) is 57.8 Å². The van der Waals surface area contributed by atoms with Crippen molar-refractivity contribution in [3.8, 4) is 11.3 Å². The van der Waals surface area contributed by atoms with Crippen LogP contribution in [0.2, 0.25) is 0 Å². The quantitative estimate of drug-likeness (QED) is 0.832. The lowest BCUT2D eigenvalue weighted by molar-refractivity contribution is -0.118. The summed E-state index contributed by atoms with van der Waals surface area (Å²) >= 11 is 1.32. The largest absolute Gasteiger partial charge is 0.358 e. The summed E-state index contributed by atoms with van der Waals surface area (Å²) in [6.07, 6.45) is 1.67. The van der Waals surface area contributed by atoms with Crippen molar-refractivity contribution in [2.24, 2.45) is 0 Å². The van der Waals surface area contributed by atoms with Crippen molar-refractivity contribution < 1.29 is 9.18 Å². The van der Waals surface area contributed by atoms with Gasteiger partial charge in [0.25, 0.3) is 0 Å². The van der Waals surface area contributed by atoms with E-state index in [-0.39, 0.29) is 11.7 Å². The number of rotatable bonds is 4. The number of amides is 1. The molecule has 0 spiro atoms. The van der Waals surface area contributed by atoms with Crippen molar-refractivity contribution in [3.05, 3.63) is 36.3 Å². The van der Waals surface area contributed by atoms with Crippen LogP contribution in [0.25, 0.3) is 11.3 Å². The Labute approximate surface area is 108 Å². The predicted molar refractivity (Wildman–Crippen MR) is 68.8 cm³/mol. The molecule has 0 atom stereocenters. The molecule has 6 heteroatoms. The summed E-state index contributed by atoms with van der Waals surface area (Å²) in [5.41, 5.74) is 1.66. The highest BCUT2D eigenvalue weighted by Gasteiger charge is 2.06. The number of nitrogens with zero attached hydrogens (tertiary/aromatic N) is 1. The number of aromatic amines is 1. The van der Waals surface area contributed by atoms with Crippen molar-refractivity contribution in [1.82, 2.24) is 15.3 Å². The lowest BCUT2D eigenvalue weighted by atomic mass is 10.2. The maximum Gasteiger partial charge on any atom is 0.230 e. The highest BCUT2D eigenvalue weighted by Crippen LogP contribution is 2.21. The Balaban J connectivity index is 2.06. The summed E-state index contributed by atoms with van der Waals surface area (Å²) in [5.74, 6) is -0.0143. The van der Waals surface area contributed by atoms with Crippen LogP contribution in [0.4, 0.5) is 4.39 Å². The average Bonchev–Trinajstić information content (AvgIpc) is 2.85. The molecule has 0 radical (unpaired) electrons. The molecule has 4 nitrogen and oxygen atoms in total. The Kier molecular flexibility index (Phi) is 3.99. The number of hydrogen-bond donors (Lipinski definition) is 2. The molecule has 2 N–H and O–H groups in total. The smallest absolute Gasteiger partial charge is 0.230 e. The minimum Gasteiger partial charge on any atom is -0.358 e. The highest BCUT2D eigenvalue weighted by atomic mass is 32.2. The number of hydrogen-bond acceptors (Lipinski definition) is 3. The summed E-state index contributed by atoms with van der Waals surface area (Å²) in [6, 6.07) is 6.15. The summed E-state index contributed by atoms with van der Waals surface area (Å²) in [4.78, 5) is 18.3. The second-order valence-corrected chi connectivity index (χ2v) is 4.53. The van der Waals surface area contributed by atoms with Gasteiger partial charge >= 0.3 is 0 Å². The van der Waals surface area contributed by atoms with Crippen LogP contribution in [-0.4, -0.2) is 28.7 Å². The lowest BCUT2D eigenvalue weighted by Gasteiger charge is -1.98. The van der Waals surface area contributed by atoms with Crippen molar-refractivity contribution in [3.63, 3.8) is 0 Å². The van der Waals surface area contributed by atoms with E-state index in [9.17, 15) is 9.18 Å². The molecule has 0 aliphatic heterocycles. The van der Waals surface area contributed by atoms with E-state index < -0.39 is 0 Å². The summed E-state index contributed by atoms with van der Waals surface area (Å²) < 4.78 is 12.8. The van der Waals surface area contributed by atoms with Crippen LogP contribution < -0.4 is 5.32 Å². The van der Waals surface area contributed by atoms with Gasteiger partial charge in [-0.3, -0.25) is 4.79 Å². The molecule has 0 bridgehead atoms. The SMILES string of the molecule is CNC(=O)CSc1ncc(-c2ccc(F)cc2)[nH]1. The van der Waals surface area contributed by atoms with Crippen LogP contribution in [0, 0.1) is 5.82 Å². The summed E-state index contributed by atoms with van der Waals surface area (Å²) in [5, 5.41) is 3.20. The Hall–Kier alpha value is -1.82. The number of carbonyl (C=O) groups excluding carboxylic acids is 1. The van der Waals surface area contributed by atoms with Gasteiger partial charge < -0.3 is 10.3 Å². The maximum atomic E-state index is 12.8. The maximum absolute atomic E-state index is 12.8. The number of carbonyl (C=O) groups is 1. The van der Waals surface area contributed by atoms with Crippen LogP contribution >= 0.6 is 11.8 Å². The van der Waals surface area contributed by atoms with Gasteiger partial charge in [0.1, 0.15) is 5.82 Å². The normalized spacial score (nSPS) is 10.3. The molecule has 1 aromatic heterocycles. The van der Waals surface area contributed by atoms with Gasteiger partial charge in [0, 0.05) is 7.05 Å². The van der Waals surface area contributed by atoms with Crippen LogP contribution in [-0.2, 0) is 4.79 Å². The molecule has 18 heavy (non-hydrogen) atoms. The van der Waals surface area contributed by atoms with Crippen LogP contribution in [0.3, 0.4) is 0 Å². The van der Waals surface area contributed by atoms with Crippen molar-refractivity contribution in [2.75, 3.05) is 12.8 Å². The van der Waals surface area contributed by atoms with Gasteiger partial charge in [-0.1, -0.05) is 11.8 Å². The second-order valence-electron chi connectivity index (χ2n) is 3.57. The zero-order chi connectivity index (χ0) is 13.0. The summed E-state index contributed by atoms with van der Waals surface area (Å²) in [6.45, 7) is 0. The van der Waals surface area contributed by atoms with E-state index in [0.29, 0.717) is 10.9 Å². The van der Waals surface area contributed by atoms with Gasteiger partial charge in [-0.15, -0.1) is 0 Å². The highest BCUT2D eigenvalue weighted by molar-refractivity contribution is 7.99.